The van der Waals surface area contributed by atoms with Crippen molar-refractivity contribution in [2.24, 2.45) is 0 Å². The van der Waals surface area contributed by atoms with Gasteiger partial charge in [0, 0.05) is 23.4 Å². The van der Waals surface area contributed by atoms with E-state index in [0.29, 0.717) is 5.92 Å². The van der Waals surface area contributed by atoms with Crippen LogP contribution in [-0.2, 0) is 12.8 Å². The summed E-state index contributed by atoms with van der Waals surface area (Å²) in [7, 11) is 0. The average molecular weight is 349 g/mol. The molecule has 0 amide bonds. The van der Waals surface area contributed by atoms with E-state index in [4.69, 9.17) is 4.98 Å². The summed E-state index contributed by atoms with van der Waals surface area (Å²) in [6.07, 6.45) is 9.78. The highest BCUT2D eigenvalue weighted by atomic mass is 14.7. The number of pyridine rings is 1. The molecule has 0 spiro atoms. The second-order valence-electron chi connectivity index (χ2n) is 8.22. The normalized spacial score (nSPS) is 16.6. The van der Waals surface area contributed by atoms with Crippen molar-refractivity contribution in [1.29, 1.82) is 0 Å². The second-order valence-corrected chi connectivity index (χ2v) is 8.22. The quantitative estimate of drug-likeness (QED) is 0.362. The molecule has 1 heteroatoms. The van der Waals surface area contributed by atoms with E-state index in [9.17, 15) is 0 Å². The molecule has 132 valence electrons. The molecule has 1 aromatic heterocycles. The van der Waals surface area contributed by atoms with Crippen molar-refractivity contribution in [3.63, 3.8) is 0 Å². The summed E-state index contributed by atoms with van der Waals surface area (Å²) in [5.74, 6) is 0.708. The van der Waals surface area contributed by atoms with E-state index >= 15 is 0 Å². The standard InChI is InChI=1S/C26H23N/c1-2-6-20-17(5-1)11-13-23-21-7-3-4-8-22(21)24(15-25(20)23)19-12-14-26(27-16-19)18-9-10-18/h3-4,7-8,11-16,18H,1-2,5-6,9-10H2. The van der Waals surface area contributed by atoms with Crippen molar-refractivity contribution in [2.75, 3.05) is 0 Å². The fourth-order valence-electron chi connectivity index (χ4n) is 4.86. The lowest BCUT2D eigenvalue weighted by atomic mass is 9.84. The predicted molar refractivity (Wildman–Crippen MR) is 113 cm³/mol. The summed E-state index contributed by atoms with van der Waals surface area (Å²) >= 11 is 0. The van der Waals surface area contributed by atoms with Crippen molar-refractivity contribution in [3.8, 4) is 11.1 Å². The highest BCUT2D eigenvalue weighted by Crippen LogP contribution is 2.41. The van der Waals surface area contributed by atoms with Gasteiger partial charge in [-0.1, -0.05) is 42.5 Å². The lowest BCUT2D eigenvalue weighted by Crippen LogP contribution is -2.03. The first-order chi connectivity index (χ1) is 13.4. The zero-order chi connectivity index (χ0) is 17.8. The van der Waals surface area contributed by atoms with Crippen molar-refractivity contribution >= 4 is 21.5 Å². The maximum absolute atomic E-state index is 4.79. The summed E-state index contributed by atoms with van der Waals surface area (Å²) in [6.45, 7) is 0. The number of hydrogen-bond acceptors (Lipinski definition) is 1. The Bertz CT molecular complexity index is 1170. The molecular weight excluding hydrogens is 326 g/mol. The van der Waals surface area contributed by atoms with Gasteiger partial charge in [0.2, 0.25) is 0 Å². The fraction of sp³-hybridized carbons (Fsp3) is 0.269. The topological polar surface area (TPSA) is 12.9 Å². The predicted octanol–water partition coefficient (Wildman–Crippen LogP) is 6.81. The number of fused-ring (bicyclic) bond motifs is 5. The summed E-state index contributed by atoms with van der Waals surface area (Å²) in [4.78, 5) is 4.79. The van der Waals surface area contributed by atoms with E-state index in [1.54, 1.807) is 11.1 Å². The van der Waals surface area contributed by atoms with Gasteiger partial charge in [-0.25, -0.2) is 0 Å². The van der Waals surface area contributed by atoms with Crippen LogP contribution < -0.4 is 0 Å². The number of nitrogens with zero attached hydrogens (tertiary/aromatic N) is 1. The van der Waals surface area contributed by atoms with E-state index in [1.807, 2.05) is 0 Å². The van der Waals surface area contributed by atoms with Gasteiger partial charge in [-0.05, 0) is 88.9 Å². The Morgan fingerprint density at radius 1 is 0.741 bits per heavy atom. The van der Waals surface area contributed by atoms with Crippen LogP contribution in [0.25, 0.3) is 32.7 Å². The van der Waals surface area contributed by atoms with Gasteiger partial charge in [0.25, 0.3) is 0 Å². The molecule has 1 fully saturated rings. The minimum Gasteiger partial charge on any atom is -0.260 e. The fourth-order valence-corrected chi connectivity index (χ4v) is 4.86. The Morgan fingerprint density at radius 2 is 1.56 bits per heavy atom. The average Bonchev–Trinajstić information content (AvgIpc) is 3.58. The molecule has 2 aliphatic rings. The van der Waals surface area contributed by atoms with E-state index < -0.39 is 0 Å². The monoisotopic (exact) mass is 349 g/mol. The maximum atomic E-state index is 4.79. The van der Waals surface area contributed by atoms with E-state index in [0.717, 1.165) is 0 Å². The van der Waals surface area contributed by atoms with Gasteiger partial charge >= 0.3 is 0 Å². The molecule has 0 radical (unpaired) electrons. The molecule has 2 aliphatic carbocycles. The molecular formula is C26H23N. The van der Waals surface area contributed by atoms with E-state index in [1.165, 1.54) is 76.9 Å². The Kier molecular flexibility index (Phi) is 3.38. The van der Waals surface area contributed by atoms with Crippen LogP contribution in [0.3, 0.4) is 0 Å². The van der Waals surface area contributed by atoms with Gasteiger partial charge in [0.15, 0.2) is 0 Å². The van der Waals surface area contributed by atoms with Gasteiger partial charge in [-0.15, -0.1) is 0 Å². The van der Waals surface area contributed by atoms with Crippen molar-refractivity contribution < 1.29 is 0 Å². The van der Waals surface area contributed by atoms with Gasteiger partial charge in [-0.3, -0.25) is 4.98 Å². The first-order valence-corrected chi connectivity index (χ1v) is 10.3. The Hall–Kier alpha value is -2.67. The third kappa shape index (κ3) is 2.49. The lowest BCUT2D eigenvalue weighted by Gasteiger charge is -2.20. The summed E-state index contributed by atoms with van der Waals surface area (Å²) in [5.41, 5.74) is 6.96. The molecule has 3 aromatic carbocycles. The minimum absolute atomic E-state index is 0.708. The highest BCUT2D eigenvalue weighted by Gasteiger charge is 2.24. The molecule has 0 atom stereocenters. The molecule has 1 heterocycles. The van der Waals surface area contributed by atoms with Crippen LogP contribution in [0.15, 0.2) is 60.8 Å². The van der Waals surface area contributed by atoms with Crippen LogP contribution >= 0.6 is 0 Å². The van der Waals surface area contributed by atoms with E-state index in [-0.39, 0.29) is 0 Å². The maximum Gasteiger partial charge on any atom is 0.0434 e. The largest absolute Gasteiger partial charge is 0.260 e. The number of rotatable bonds is 2. The molecule has 0 unspecified atom stereocenters. The summed E-state index contributed by atoms with van der Waals surface area (Å²) in [5, 5.41) is 5.55. The summed E-state index contributed by atoms with van der Waals surface area (Å²) in [6, 6.07) is 20.5. The molecule has 1 nitrogen and oxygen atoms in total. The molecule has 0 N–H and O–H groups in total. The van der Waals surface area contributed by atoms with Crippen LogP contribution in [0.5, 0.6) is 0 Å². The second kappa shape index (κ2) is 5.92. The Labute approximate surface area is 160 Å². The van der Waals surface area contributed by atoms with Crippen LogP contribution in [0.1, 0.15) is 48.4 Å². The number of benzene rings is 3. The Balaban J connectivity index is 1.64. The molecule has 0 saturated heterocycles. The van der Waals surface area contributed by atoms with Crippen LogP contribution in [-0.4, -0.2) is 4.98 Å². The molecule has 4 aromatic rings. The SMILES string of the molecule is c1ccc2c(c1)c(-c1ccc(C3CC3)nc1)cc1c3c(ccc12)CCCC3. The zero-order valence-corrected chi connectivity index (χ0v) is 15.5. The molecule has 0 aliphatic heterocycles. The van der Waals surface area contributed by atoms with Crippen molar-refractivity contribution in [1.82, 2.24) is 4.98 Å². The summed E-state index contributed by atoms with van der Waals surface area (Å²) < 4.78 is 0. The zero-order valence-electron chi connectivity index (χ0n) is 15.5. The number of aryl methyl sites for hydroxylation is 2. The van der Waals surface area contributed by atoms with Gasteiger partial charge < -0.3 is 0 Å². The number of aromatic nitrogens is 1. The number of hydrogen-bond donors (Lipinski definition) is 0. The van der Waals surface area contributed by atoms with E-state index in [2.05, 4.69) is 60.8 Å². The molecule has 1 saturated carbocycles. The van der Waals surface area contributed by atoms with Gasteiger partial charge in [0.05, 0.1) is 0 Å². The third-order valence-corrected chi connectivity index (χ3v) is 6.47. The van der Waals surface area contributed by atoms with Crippen molar-refractivity contribution in [3.05, 3.63) is 77.6 Å². The van der Waals surface area contributed by atoms with Gasteiger partial charge in [-0.2, -0.15) is 0 Å². The van der Waals surface area contributed by atoms with Gasteiger partial charge in [0.1, 0.15) is 0 Å². The Morgan fingerprint density at radius 3 is 2.37 bits per heavy atom. The first kappa shape index (κ1) is 15.4. The van der Waals surface area contributed by atoms with Crippen LogP contribution in [0.4, 0.5) is 0 Å². The first-order valence-electron chi connectivity index (χ1n) is 10.3. The lowest BCUT2D eigenvalue weighted by molar-refractivity contribution is 0.690. The minimum atomic E-state index is 0.708. The van der Waals surface area contributed by atoms with Crippen LogP contribution in [0, 0.1) is 0 Å². The highest BCUT2D eigenvalue weighted by molar-refractivity contribution is 6.14. The third-order valence-electron chi connectivity index (χ3n) is 6.47. The smallest absolute Gasteiger partial charge is 0.0434 e. The molecule has 27 heavy (non-hydrogen) atoms. The molecule has 6 rings (SSSR count). The van der Waals surface area contributed by atoms with Crippen LogP contribution in [0.2, 0.25) is 0 Å². The molecule has 0 bridgehead atoms. The van der Waals surface area contributed by atoms with Crippen molar-refractivity contribution in [2.45, 2.75) is 44.4 Å².